The highest BCUT2D eigenvalue weighted by Crippen LogP contribution is 2.28. The predicted molar refractivity (Wildman–Crippen MR) is 109 cm³/mol. The molecular formula is C21H22N6O2. The first kappa shape index (κ1) is 18.9. The van der Waals surface area contributed by atoms with Crippen LogP contribution in [0, 0.1) is 5.92 Å². The Balaban J connectivity index is 1.56. The van der Waals surface area contributed by atoms with Crippen molar-refractivity contribution in [2.75, 3.05) is 25.4 Å². The smallest absolute Gasteiger partial charge is 0.270 e. The molecule has 0 radical (unpaired) electrons. The molecule has 8 nitrogen and oxygen atoms in total. The lowest BCUT2D eigenvalue weighted by atomic mass is 10.0. The normalized spacial score (nSPS) is 15.7. The van der Waals surface area contributed by atoms with E-state index in [-0.39, 0.29) is 17.6 Å². The van der Waals surface area contributed by atoms with Crippen LogP contribution in [0.25, 0.3) is 28.6 Å². The van der Waals surface area contributed by atoms with Crippen LogP contribution in [0.3, 0.4) is 0 Å². The molecule has 1 aromatic carbocycles. The Labute approximate surface area is 168 Å². The molecule has 3 aromatic rings. The third-order valence-electron chi connectivity index (χ3n) is 4.85. The van der Waals surface area contributed by atoms with E-state index in [2.05, 4.69) is 31.1 Å². The molecule has 0 spiro atoms. The molecule has 8 heteroatoms. The lowest BCUT2D eigenvalue weighted by Crippen LogP contribution is -2.33. The average molecular weight is 390 g/mol. The zero-order valence-electron chi connectivity index (χ0n) is 16.2. The van der Waals surface area contributed by atoms with Crippen LogP contribution in [-0.2, 0) is 4.79 Å². The number of carbonyl (C=O) groups is 1. The summed E-state index contributed by atoms with van der Waals surface area (Å²) in [6, 6.07) is 9.53. The predicted octanol–water partition coefficient (Wildman–Crippen LogP) is 2.70. The Bertz CT molecular complexity index is 1030. The van der Waals surface area contributed by atoms with Crippen molar-refractivity contribution in [3.63, 3.8) is 0 Å². The molecule has 148 valence electrons. The Morgan fingerprint density at radius 3 is 2.76 bits per heavy atom. The molecule has 0 fully saturated rings. The number of hydrogen-bond donors (Lipinski definition) is 1. The van der Waals surface area contributed by atoms with Crippen LogP contribution in [0.2, 0.25) is 0 Å². The summed E-state index contributed by atoms with van der Waals surface area (Å²) in [6.07, 6.45) is 5.60. The summed E-state index contributed by atoms with van der Waals surface area (Å²) in [4.78, 5) is 22.0. The van der Waals surface area contributed by atoms with Crippen LogP contribution in [0.1, 0.15) is 19.0 Å². The monoisotopic (exact) mass is 390 g/mol. The van der Waals surface area contributed by atoms with Crippen LogP contribution in [0.5, 0.6) is 0 Å². The summed E-state index contributed by atoms with van der Waals surface area (Å²) in [5, 5.41) is 8.21. The van der Waals surface area contributed by atoms with E-state index in [1.807, 2.05) is 37.3 Å². The molecule has 1 aliphatic rings. The molecule has 2 N–H and O–H groups in total. The molecule has 29 heavy (non-hydrogen) atoms. The van der Waals surface area contributed by atoms with Gasteiger partial charge >= 0.3 is 0 Å². The van der Waals surface area contributed by atoms with Crippen molar-refractivity contribution < 1.29 is 9.21 Å². The SMILES string of the molecule is CC(C=O)CN1CC=C(c2cnc(N)c(-c3nnc(-c4ccccc4)o3)n2)CC1. The van der Waals surface area contributed by atoms with Gasteiger partial charge in [-0.05, 0) is 24.1 Å². The van der Waals surface area contributed by atoms with E-state index in [9.17, 15) is 4.79 Å². The number of nitrogens with two attached hydrogens (primary N) is 1. The van der Waals surface area contributed by atoms with Crippen molar-refractivity contribution in [1.82, 2.24) is 25.1 Å². The fourth-order valence-corrected chi connectivity index (χ4v) is 3.29. The standard InChI is InChI=1S/C21H22N6O2/c1-14(13-28)12-27-9-7-15(8-10-27)17-11-23-19(22)18(24-17)21-26-25-20(29-21)16-5-3-2-4-6-16/h2-7,11,13-14H,8-10,12H2,1H3,(H2,22,23). The first-order valence-corrected chi connectivity index (χ1v) is 9.53. The van der Waals surface area contributed by atoms with Crippen molar-refractivity contribution in [2.24, 2.45) is 5.92 Å². The van der Waals surface area contributed by atoms with Crippen LogP contribution in [0.4, 0.5) is 5.82 Å². The van der Waals surface area contributed by atoms with E-state index in [0.717, 1.165) is 49.2 Å². The maximum atomic E-state index is 10.9. The summed E-state index contributed by atoms with van der Waals surface area (Å²) in [6.45, 7) is 4.33. The number of nitrogens with zero attached hydrogens (tertiary/aromatic N) is 5. The Morgan fingerprint density at radius 1 is 1.24 bits per heavy atom. The molecule has 0 bridgehead atoms. The van der Waals surface area contributed by atoms with Crippen molar-refractivity contribution in [3.8, 4) is 23.0 Å². The van der Waals surface area contributed by atoms with E-state index >= 15 is 0 Å². The molecule has 0 saturated carbocycles. The molecule has 2 aromatic heterocycles. The van der Waals surface area contributed by atoms with E-state index in [4.69, 9.17) is 10.2 Å². The molecule has 0 aliphatic carbocycles. The molecule has 1 unspecified atom stereocenters. The molecular weight excluding hydrogens is 368 g/mol. The first-order chi connectivity index (χ1) is 14.1. The molecule has 1 atom stereocenters. The van der Waals surface area contributed by atoms with Gasteiger partial charge in [0.1, 0.15) is 6.29 Å². The summed E-state index contributed by atoms with van der Waals surface area (Å²) in [5.74, 6) is 0.927. The highest BCUT2D eigenvalue weighted by molar-refractivity contribution is 5.69. The average Bonchev–Trinajstić information content (AvgIpc) is 3.25. The number of aldehydes is 1. The summed E-state index contributed by atoms with van der Waals surface area (Å²) in [7, 11) is 0. The Hall–Kier alpha value is -3.39. The second-order valence-corrected chi connectivity index (χ2v) is 7.12. The quantitative estimate of drug-likeness (QED) is 0.640. The summed E-state index contributed by atoms with van der Waals surface area (Å²) in [5.41, 5.74) is 9.08. The topological polar surface area (TPSA) is 111 Å². The van der Waals surface area contributed by atoms with Gasteiger partial charge in [-0.3, -0.25) is 4.90 Å². The summed E-state index contributed by atoms with van der Waals surface area (Å²) >= 11 is 0. The minimum atomic E-state index is 0.0317. The van der Waals surface area contributed by atoms with Gasteiger partial charge in [0.15, 0.2) is 11.5 Å². The van der Waals surface area contributed by atoms with E-state index < -0.39 is 0 Å². The second kappa shape index (κ2) is 8.32. The molecule has 0 saturated heterocycles. The fraction of sp³-hybridized carbons (Fsp3) is 0.286. The Kier molecular flexibility index (Phi) is 5.44. The van der Waals surface area contributed by atoms with E-state index in [1.54, 1.807) is 6.20 Å². The van der Waals surface area contributed by atoms with Gasteiger partial charge in [-0.15, -0.1) is 10.2 Å². The summed E-state index contributed by atoms with van der Waals surface area (Å²) < 4.78 is 5.79. The largest absolute Gasteiger partial charge is 0.414 e. The second-order valence-electron chi connectivity index (χ2n) is 7.12. The fourth-order valence-electron chi connectivity index (χ4n) is 3.29. The van der Waals surface area contributed by atoms with Gasteiger partial charge in [0.2, 0.25) is 5.89 Å². The minimum Gasteiger partial charge on any atom is -0.414 e. The van der Waals surface area contributed by atoms with Crippen molar-refractivity contribution in [3.05, 3.63) is 48.3 Å². The third-order valence-corrected chi connectivity index (χ3v) is 4.85. The van der Waals surface area contributed by atoms with Gasteiger partial charge in [-0.25, -0.2) is 9.97 Å². The highest BCUT2D eigenvalue weighted by Gasteiger charge is 2.20. The zero-order valence-corrected chi connectivity index (χ0v) is 16.2. The van der Waals surface area contributed by atoms with Gasteiger partial charge in [0, 0.05) is 31.1 Å². The number of hydrogen-bond acceptors (Lipinski definition) is 8. The van der Waals surface area contributed by atoms with Crippen LogP contribution >= 0.6 is 0 Å². The van der Waals surface area contributed by atoms with Crippen molar-refractivity contribution in [1.29, 1.82) is 0 Å². The number of anilines is 1. The van der Waals surface area contributed by atoms with Gasteiger partial charge < -0.3 is 14.9 Å². The van der Waals surface area contributed by atoms with Crippen molar-refractivity contribution in [2.45, 2.75) is 13.3 Å². The lowest BCUT2D eigenvalue weighted by molar-refractivity contribution is -0.111. The van der Waals surface area contributed by atoms with Gasteiger partial charge in [-0.2, -0.15) is 0 Å². The molecule has 3 heterocycles. The maximum absolute atomic E-state index is 10.9. The number of nitrogen functional groups attached to an aromatic ring is 1. The number of aromatic nitrogens is 4. The zero-order chi connectivity index (χ0) is 20.2. The maximum Gasteiger partial charge on any atom is 0.270 e. The van der Waals surface area contributed by atoms with E-state index in [0.29, 0.717) is 11.6 Å². The van der Waals surface area contributed by atoms with Gasteiger partial charge in [0.25, 0.3) is 5.89 Å². The molecule has 4 rings (SSSR count). The Morgan fingerprint density at radius 2 is 2.03 bits per heavy atom. The number of rotatable bonds is 6. The van der Waals surface area contributed by atoms with Crippen LogP contribution in [0.15, 0.2) is 47.0 Å². The van der Waals surface area contributed by atoms with Crippen LogP contribution in [-0.4, -0.2) is 51.0 Å². The molecule has 1 aliphatic heterocycles. The highest BCUT2D eigenvalue weighted by atomic mass is 16.4. The van der Waals surface area contributed by atoms with Crippen molar-refractivity contribution >= 4 is 17.7 Å². The van der Waals surface area contributed by atoms with Crippen LogP contribution < -0.4 is 5.73 Å². The van der Waals surface area contributed by atoms with Gasteiger partial charge in [0.05, 0.1) is 11.9 Å². The molecule has 0 amide bonds. The first-order valence-electron chi connectivity index (χ1n) is 9.53. The van der Waals surface area contributed by atoms with E-state index in [1.165, 1.54) is 0 Å². The lowest BCUT2D eigenvalue weighted by Gasteiger charge is -2.27. The third kappa shape index (κ3) is 4.22. The van der Waals surface area contributed by atoms with Gasteiger partial charge in [-0.1, -0.05) is 31.2 Å². The minimum absolute atomic E-state index is 0.0317. The number of benzene rings is 1. The number of carbonyl (C=O) groups excluding carboxylic acids is 1.